The Labute approximate surface area is 224 Å². The normalized spacial score (nSPS) is 13.6. The van der Waals surface area contributed by atoms with Crippen molar-refractivity contribution >= 4 is 40.3 Å². The number of fused-ring (bicyclic) bond motifs is 3. The number of nitrogens with zero attached hydrogens (tertiary/aromatic N) is 4. The van der Waals surface area contributed by atoms with Crippen LogP contribution in [-0.2, 0) is 19.5 Å². The van der Waals surface area contributed by atoms with E-state index < -0.39 is 11.6 Å². The molecule has 1 aliphatic heterocycles. The number of pyridine rings is 1. The van der Waals surface area contributed by atoms with Crippen LogP contribution < -0.4 is 5.32 Å². The van der Waals surface area contributed by atoms with Gasteiger partial charge < -0.3 is 5.32 Å². The molecular weight excluding hydrogens is 508 g/mol. The number of nitrogens with one attached hydrogen (secondary N) is 1. The van der Waals surface area contributed by atoms with E-state index in [9.17, 15) is 13.6 Å². The SMILES string of the molecule is [C-]#[N+]c1ccc2c(c1)c1c(n2C(=O)NCc2ccnc(Cl)c2)CCN(C/C=C/c2cc(F)c(C)c(F)c2)C1. The lowest BCUT2D eigenvalue weighted by atomic mass is 10.0. The lowest BCUT2D eigenvalue weighted by Gasteiger charge is -2.27. The minimum absolute atomic E-state index is 0.00879. The molecule has 0 atom stereocenters. The van der Waals surface area contributed by atoms with Crippen molar-refractivity contribution in [3.63, 3.8) is 0 Å². The van der Waals surface area contributed by atoms with E-state index in [0.717, 1.165) is 27.7 Å². The number of benzene rings is 2. The van der Waals surface area contributed by atoms with E-state index in [2.05, 4.69) is 20.0 Å². The first-order valence-corrected chi connectivity index (χ1v) is 12.5. The molecule has 9 heteroatoms. The summed E-state index contributed by atoms with van der Waals surface area (Å²) in [6.45, 7) is 11.0. The third kappa shape index (κ3) is 5.17. The first-order chi connectivity index (χ1) is 18.3. The third-order valence-corrected chi connectivity index (χ3v) is 6.96. The maximum atomic E-state index is 13.9. The number of aromatic nitrogens is 2. The maximum Gasteiger partial charge on any atom is 0.326 e. The van der Waals surface area contributed by atoms with E-state index in [0.29, 0.717) is 49.0 Å². The number of hydrogen-bond acceptors (Lipinski definition) is 3. The smallest absolute Gasteiger partial charge is 0.326 e. The van der Waals surface area contributed by atoms with Crippen LogP contribution in [0.1, 0.15) is 27.9 Å². The molecular formula is C29H24ClF2N5O. The molecule has 0 saturated carbocycles. The Bertz CT molecular complexity index is 1600. The molecule has 2 aromatic carbocycles. The molecule has 1 amide bonds. The average molecular weight is 532 g/mol. The van der Waals surface area contributed by atoms with Crippen molar-refractivity contribution in [2.24, 2.45) is 0 Å². The molecule has 2 aromatic heterocycles. The molecule has 6 nitrogen and oxygen atoms in total. The van der Waals surface area contributed by atoms with Crippen molar-refractivity contribution in [3.05, 3.63) is 111 Å². The average Bonchev–Trinajstić information content (AvgIpc) is 3.23. The van der Waals surface area contributed by atoms with E-state index >= 15 is 0 Å². The van der Waals surface area contributed by atoms with Gasteiger partial charge in [0, 0.05) is 50.1 Å². The van der Waals surface area contributed by atoms with Gasteiger partial charge in [-0.3, -0.25) is 9.47 Å². The fourth-order valence-electron chi connectivity index (χ4n) is 4.77. The second kappa shape index (κ2) is 10.7. The van der Waals surface area contributed by atoms with Crippen molar-refractivity contribution in [1.82, 2.24) is 19.8 Å². The standard InChI is InChI=1S/C29H24ClF2N5O/c1-18-24(31)12-19(13-25(18)32)4-3-10-36-11-8-27-23(17-36)22-15-21(33-2)5-6-26(22)37(27)29(38)35-16-20-7-9-34-28(30)14-20/h3-7,9,12-15H,8,10-11,16-17H2,1H3,(H,35,38)/b4-3+. The molecule has 0 spiro atoms. The Morgan fingerprint density at radius 3 is 2.74 bits per heavy atom. The van der Waals surface area contributed by atoms with Crippen LogP contribution in [0, 0.1) is 25.1 Å². The number of rotatable bonds is 5. The van der Waals surface area contributed by atoms with E-state index in [-0.39, 0.29) is 11.6 Å². The highest BCUT2D eigenvalue weighted by molar-refractivity contribution is 6.29. The minimum atomic E-state index is -0.569. The summed E-state index contributed by atoms with van der Waals surface area (Å²) >= 11 is 5.97. The van der Waals surface area contributed by atoms with Crippen molar-refractivity contribution < 1.29 is 13.6 Å². The number of carbonyl (C=O) groups is 1. The summed E-state index contributed by atoms with van der Waals surface area (Å²) in [6.07, 6.45) is 5.82. The summed E-state index contributed by atoms with van der Waals surface area (Å²) in [5.41, 5.74) is 4.48. The zero-order valence-electron chi connectivity index (χ0n) is 20.6. The van der Waals surface area contributed by atoms with E-state index in [1.165, 1.54) is 19.1 Å². The van der Waals surface area contributed by atoms with Gasteiger partial charge >= 0.3 is 6.03 Å². The monoisotopic (exact) mass is 531 g/mol. The first-order valence-electron chi connectivity index (χ1n) is 12.1. The van der Waals surface area contributed by atoms with Gasteiger partial charge in [0.25, 0.3) is 0 Å². The summed E-state index contributed by atoms with van der Waals surface area (Å²) in [7, 11) is 0. The second-order valence-electron chi connectivity index (χ2n) is 9.22. The first kappa shape index (κ1) is 25.6. The summed E-state index contributed by atoms with van der Waals surface area (Å²) in [4.78, 5) is 23.1. The second-order valence-corrected chi connectivity index (χ2v) is 9.60. The molecule has 1 N–H and O–H groups in total. The van der Waals surface area contributed by atoms with Gasteiger partial charge in [-0.15, -0.1) is 0 Å². The quantitative estimate of drug-likeness (QED) is 0.231. The summed E-state index contributed by atoms with van der Waals surface area (Å²) in [5, 5.41) is 4.19. The predicted molar refractivity (Wildman–Crippen MR) is 144 cm³/mol. The highest BCUT2D eigenvalue weighted by atomic mass is 35.5. The predicted octanol–water partition coefficient (Wildman–Crippen LogP) is 6.66. The van der Waals surface area contributed by atoms with Gasteiger partial charge in [-0.25, -0.2) is 23.4 Å². The molecule has 1 aliphatic rings. The van der Waals surface area contributed by atoms with E-state index in [1.807, 2.05) is 18.2 Å². The van der Waals surface area contributed by atoms with Gasteiger partial charge in [-0.05, 0) is 65.4 Å². The summed E-state index contributed by atoms with van der Waals surface area (Å²) < 4.78 is 29.5. The topological polar surface area (TPSA) is 54.5 Å². The van der Waals surface area contributed by atoms with Gasteiger partial charge in [0.1, 0.15) is 16.8 Å². The Kier molecular flexibility index (Phi) is 7.23. The van der Waals surface area contributed by atoms with Crippen LogP contribution >= 0.6 is 11.6 Å². The van der Waals surface area contributed by atoms with Crippen LogP contribution in [0.2, 0.25) is 5.15 Å². The molecule has 3 heterocycles. The summed E-state index contributed by atoms with van der Waals surface area (Å²) in [5.74, 6) is -1.14. The molecule has 0 radical (unpaired) electrons. The molecule has 0 bridgehead atoms. The Morgan fingerprint density at radius 2 is 2.00 bits per heavy atom. The van der Waals surface area contributed by atoms with Crippen molar-refractivity contribution in [3.8, 4) is 0 Å². The van der Waals surface area contributed by atoms with Gasteiger partial charge in [-0.2, -0.15) is 0 Å². The van der Waals surface area contributed by atoms with Crippen LogP contribution in [0.5, 0.6) is 0 Å². The molecule has 5 rings (SSSR count). The Hall–Kier alpha value is -4.06. The van der Waals surface area contributed by atoms with Crippen LogP contribution in [0.15, 0.2) is 54.7 Å². The highest BCUT2D eigenvalue weighted by Crippen LogP contribution is 2.33. The van der Waals surface area contributed by atoms with Crippen molar-refractivity contribution in [1.29, 1.82) is 0 Å². The van der Waals surface area contributed by atoms with E-state index in [4.69, 9.17) is 18.2 Å². The molecule has 192 valence electrons. The van der Waals surface area contributed by atoms with Crippen LogP contribution in [0.4, 0.5) is 19.3 Å². The van der Waals surface area contributed by atoms with Gasteiger partial charge in [0.05, 0.1) is 12.1 Å². The highest BCUT2D eigenvalue weighted by Gasteiger charge is 2.26. The van der Waals surface area contributed by atoms with Crippen LogP contribution in [0.25, 0.3) is 21.8 Å². The lowest BCUT2D eigenvalue weighted by molar-refractivity contribution is 0.240. The molecule has 4 aromatic rings. The minimum Gasteiger partial charge on any atom is -0.333 e. The van der Waals surface area contributed by atoms with Crippen LogP contribution in [-0.4, -0.2) is 33.6 Å². The van der Waals surface area contributed by atoms with Crippen LogP contribution in [0.3, 0.4) is 0 Å². The van der Waals surface area contributed by atoms with Crippen molar-refractivity contribution in [2.45, 2.75) is 26.4 Å². The number of carbonyl (C=O) groups excluding carboxylic acids is 1. The van der Waals surface area contributed by atoms with E-state index in [1.54, 1.807) is 35.0 Å². The number of hydrogen-bond donors (Lipinski definition) is 1. The molecule has 0 saturated heterocycles. The zero-order chi connectivity index (χ0) is 26.8. The molecule has 38 heavy (non-hydrogen) atoms. The fraction of sp³-hybridized carbons (Fsp3) is 0.207. The molecule has 0 fully saturated rings. The summed E-state index contributed by atoms with van der Waals surface area (Å²) in [6, 6.07) is 11.2. The Balaban J connectivity index is 1.39. The lowest BCUT2D eigenvalue weighted by Crippen LogP contribution is -2.34. The van der Waals surface area contributed by atoms with Gasteiger partial charge in [0.15, 0.2) is 5.69 Å². The molecule has 0 unspecified atom stereocenters. The van der Waals surface area contributed by atoms with Gasteiger partial charge in [-0.1, -0.05) is 29.8 Å². The Morgan fingerprint density at radius 1 is 1.21 bits per heavy atom. The largest absolute Gasteiger partial charge is 0.333 e. The number of halogens is 3. The third-order valence-electron chi connectivity index (χ3n) is 6.76. The number of amides is 1. The fourth-order valence-corrected chi connectivity index (χ4v) is 4.96. The zero-order valence-corrected chi connectivity index (χ0v) is 21.4. The maximum absolute atomic E-state index is 13.9. The van der Waals surface area contributed by atoms with Gasteiger partial charge in [0.2, 0.25) is 0 Å². The molecule has 0 aliphatic carbocycles. The van der Waals surface area contributed by atoms with Crippen molar-refractivity contribution in [2.75, 3.05) is 13.1 Å².